The Morgan fingerprint density at radius 1 is 1.39 bits per heavy atom. The van der Waals surface area contributed by atoms with Gasteiger partial charge < -0.3 is 0 Å². The van der Waals surface area contributed by atoms with E-state index < -0.39 is 0 Å². The zero-order valence-corrected chi connectivity index (χ0v) is 9.85. The number of benzene rings is 1. The molecule has 3 rings (SSSR count). The van der Waals surface area contributed by atoms with E-state index in [1.165, 1.54) is 0 Å². The molecule has 1 saturated heterocycles. The predicted molar refractivity (Wildman–Crippen MR) is 65.6 cm³/mol. The molecule has 0 radical (unpaired) electrons. The number of nitrogens with one attached hydrogen (secondary N) is 1. The lowest BCUT2D eigenvalue weighted by Crippen LogP contribution is -2.33. The van der Waals surface area contributed by atoms with Crippen LogP contribution in [-0.2, 0) is 15.1 Å². The average Bonchev–Trinajstić information content (AvgIpc) is 3.04. The number of nitrogens with zero attached hydrogens (tertiary/aromatic N) is 2. The second-order valence-electron chi connectivity index (χ2n) is 4.72. The third kappa shape index (κ3) is 1.79. The molecule has 1 aromatic rings. The molecule has 18 heavy (non-hydrogen) atoms. The number of hydrogen-bond acceptors (Lipinski definition) is 4. The van der Waals surface area contributed by atoms with Crippen molar-refractivity contribution in [1.82, 2.24) is 5.43 Å². The zero-order valence-electron chi connectivity index (χ0n) is 9.85. The van der Waals surface area contributed by atoms with Crippen LogP contribution in [0.4, 0.5) is 5.69 Å². The number of rotatable bonds is 3. The van der Waals surface area contributed by atoms with E-state index in [0.29, 0.717) is 13.0 Å². The van der Waals surface area contributed by atoms with Gasteiger partial charge in [0, 0.05) is 13.0 Å². The number of carbonyl (C=O) groups excluding carboxylic acids is 2. The van der Waals surface area contributed by atoms with E-state index in [9.17, 15) is 9.59 Å². The monoisotopic (exact) mass is 243 g/mol. The van der Waals surface area contributed by atoms with Crippen LogP contribution in [0, 0.1) is 0 Å². The van der Waals surface area contributed by atoms with Crippen molar-refractivity contribution < 1.29 is 9.59 Å². The van der Waals surface area contributed by atoms with E-state index in [4.69, 9.17) is 0 Å². The van der Waals surface area contributed by atoms with Crippen LogP contribution in [0.3, 0.4) is 0 Å². The molecule has 1 aliphatic carbocycles. The van der Waals surface area contributed by atoms with Gasteiger partial charge in [0.25, 0.3) is 0 Å². The molecule has 0 atom stereocenters. The maximum Gasteiger partial charge on any atom is 0.240 e. The standard InChI is InChI=1S/C13H13N3O2/c17-9-14-13(5-6-13)10-2-1-3-11(8-10)16-7-4-12(18)15-16/h1-3,8H,4-7H2,(H,15,18). The number of carbonyl (C=O) groups is 1. The Hall–Kier alpha value is -2.13. The van der Waals surface area contributed by atoms with Crippen molar-refractivity contribution in [2.24, 2.45) is 4.99 Å². The first-order valence-electron chi connectivity index (χ1n) is 6.00. The van der Waals surface area contributed by atoms with Crippen molar-refractivity contribution in [2.45, 2.75) is 24.8 Å². The molecule has 1 aliphatic heterocycles. The highest BCUT2D eigenvalue weighted by Crippen LogP contribution is 2.49. The minimum Gasteiger partial charge on any atom is -0.285 e. The summed E-state index contributed by atoms with van der Waals surface area (Å²) in [4.78, 5) is 25.6. The summed E-state index contributed by atoms with van der Waals surface area (Å²) in [6.45, 7) is 0.673. The maximum absolute atomic E-state index is 11.2. The van der Waals surface area contributed by atoms with Crippen LogP contribution in [0.25, 0.3) is 0 Å². The van der Waals surface area contributed by atoms with Crippen molar-refractivity contribution >= 4 is 17.7 Å². The molecule has 5 heteroatoms. The second-order valence-corrected chi connectivity index (χ2v) is 4.72. The molecule has 0 spiro atoms. The fourth-order valence-corrected chi connectivity index (χ4v) is 2.30. The van der Waals surface area contributed by atoms with Gasteiger partial charge in [-0.25, -0.2) is 4.79 Å². The molecule has 2 aliphatic rings. The largest absolute Gasteiger partial charge is 0.285 e. The van der Waals surface area contributed by atoms with Gasteiger partial charge in [-0.15, -0.1) is 0 Å². The molecule has 1 N–H and O–H groups in total. The molecule has 0 bridgehead atoms. The van der Waals surface area contributed by atoms with Gasteiger partial charge in [-0.1, -0.05) is 12.1 Å². The lowest BCUT2D eigenvalue weighted by Gasteiger charge is -2.19. The number of anilines is 1. The fraction of sp³-hybridized carbons (Fsp3) is 0.385. The van der Waals surface area contributed by atoms with Crippen LogP contribution in [0.5, 0.6) is 0 Å². The Bertz CT molecular complexity index is 545. The Morgan fingerprint density at radius 3 is 2.83 bits per heavy atom. The van der Waals surface area contributed by atoms with Crippen molar-refractivity contribution in [3.63, 3.8) is 0 Å². The highest BCUT2D eigenvalue weighted by atomic mass is 16.2. The number of hydrogen-bond donors (Lipinski definition) is 1. The quantitative estimate of drug-likeness (QED) is 0.642. The SMILES string of the molecule is O=C=NC1(c2cccc(N3CCC(=O)N3)c2)CC1. The highest BCUT2D eigenvalue weighted by molar-refractivity contribution is 5.81. The lowest BCUT2D eigenvalue weighted by atomic mass is 10.0. The Labute approximate surface area is 104 Å². The first-order chi connectivity index (χ1) is 8.73. The van der Waals surface area contributed by atoms with Crippen LogP contribution < -0.4 is 10.4 Å². The third-order valence-electron chi connectivity index (χ3n) is 3.50. The first kappa shape index (κ1) is 11.0. The first-order valence-corrected chi connectivity index (χ1v) is 6.00. The molecule has 0 unspecified atom stereocenters. The van der Waals surface area contributed by atoms with Gasteiger partial charge >= 0.3 is 0 Å². The average molecular weight is 243 g/mol. The van der Waals surface area contributed by atoms with Gasteiger partial charge in [0.1, 0.15) is 0 Å². The fourth-order valence-electron chi connectivity index (χ4n) is 2.30. The summed E-state index contributed by atoms with van der Waals surface area (Å²) >= 11 is 0. The normalized spacial score (nSPS) is 20.2. The Kier molecular flexibility index (Phi) is 2.42. The topological polar surface area (TPSA) is 61.8 Å². The number of aliphatic imine (C=N–C) groups is 1. The van der Waals surface area contributed by atoms with Crippen molar-refractivity contribution in [2.75, 3.05) is 11.6 Å². The van der Waals surface area contributed by atoms with Crippen LogP contribution in [0.1, 0.15) is 24.8 Å². The summed E-state index contributed by atoms with van der Waals surface area (Å²) < 4.78 is 0. The molecule has 2 fully saturated rings. The molecule has 1 saturated carbocycles. The van der Waals surface area contributed by atoms with E-state index in [1.54, 1.807) is 6.08 Å². The van der Waals surface area contributed by atoms with Crippen LogP contribution >= 0.6 is 0 Å². The smallest absolute Gasteiger partial charge is 0.240 e. The number of amides is 1. The van der Waals surface area contributed by atoms with Crippen LogP contribution in [0.2, 0.25) is 0 Å². The zero-order chi connectivity index (χ0) is 12.6. The van der Waals surface area contributed by atoms with E-state index >= 15 is 0 Å². The summed E-state index contributed by atoms with van der Waals surface area (Å²) in [5, 5.41) is 1.83. The molecule has 0 aromatic heterocycles. The van der Waals surface area contributed by atoms with Gasteiger partial charge in [-0.3, -0.25) is 15.2 Å². The maximum atomic E-state index is 11.2. The van der Waals surface area contributed by atoms with Crippen molar-refractivity contribution in [1.29, 1.82) is 0 Å². The summed E-state index contributed by atoms with van der Waals surface area (Å²) in [5.74, 6) is 0.0347. The highest BCUT2D eigenvalue weighted by Gasteiger charge is 2.45. The molecular formula is C13H13N3O2. The van der Waals surface area contributed by atoms with Gasteiger partial charge in [0.05, 0.1) is 11.2 Å². The molecule has 1 aromatic carbocycles. The summed E-state index contributed by atoms with van der Waals surface area (Å²) in [6, 6.07) is 7.82. The van der Waals surface area contributed by atoms with Gasteiger partial charge in [0.15, 0.2) is 0 Å². The third-order valence-corrected chi connectivity index (χ3v) is 3.50. The van der Waals surface area contributed by atoms with E-state index in [-0.39, 0.29) is 11.4 Å². The van der Waals surface area contributed by atoms with Gasteiger partial charge in [-0.2, -0.15) is 4.99 Å². The number of isocyanates is 1. The van der Waals surface area contributed by atoms with Gasteiger partial charge in [-0.05, 0) is 30.5 Å². The minimum absolute atomic E-state index is 0.0347. The van der Waals surface area contributed by atoms with Gasteiger partial charge in [0.2, 0.25) is 12.0 Å². The molecule has 1 amide bonds. The Morgan fingerprint density at radius 2 is 2.22 bits per heavy atom. The molecule has 1 heterocycles. The van der Waals surface area contributed by atoms with E-state index in [2.05, 4.69) is 10.4 Å². The number of hydrazine groups is 1. The lowest BCUT2D eigenvalue weighted by molar-refractivity contribution is -0.119. The molecular weight excluding hydrogens is 230 g/mol. The molecule has 92 valence electrons. The van der Waals surface area contributed by atoms with E-state index in [0.717, 1.165) is 24.1 Å². The second kappa shape index (κ2) is 3.96. The molecule has 5 nitrogen and oxygen atoms in total. The minimum atomic E-state index is -0.360. The van der Waals surface area contributed by atoms with Crippen LogP contribution in [0.15, 0.2) is 29.3 Å². The Balaban J connectivity index is 1.90. The summed E-state index contributed by atoms with van der Waals surface area (Å²) in [6.07, 6.45) is 3.95. The van der Waals surface area contributed by atoms with Crippen molar-refractivity contribution in [3.8, 4) is 0 Å². The summed E-state index contributed by atoms with van der Waals surface area (Å²) in [5.41, 5.74) is 4.38. The van der Waals surface area contributed by atoms with Crippen molar-refractivity contribution in [3.05, 3.63) is 29.8 Å². The predicted octanol–water partition coefficient (Wildman–Crippen LogP) is 1.25. The summed E-state index contributed by atoms with van der Waals surface area (Å²) in [7, 11) is 0. The van der Waals surface area contributed by atoms with Crippen LogP contribution in [-0.4, -0.2) is 18.5 Å². The van der Waals surface area contributed by atoms with E-state index in [1.807, 2.05) is 29.3 Å².